The Morgan fingerprint density at radius 3 is 2.42 bits per heavy atom. The second-order valence-electron chi connectivity index (χ2n) is 3.35. The van der Waals surface area contributed by atoms with Crippen LogP contribution < -0.4 is 0 Å². The van der Waals surface area contributed by atoms with Crippen LogP contribution in [0.15, 0.2) is 29.2 Å². The second-order valence-corrected chi connectivity index (χ2v) is 3.87. The van der Waals surface area contributed by atoms with Gasteiger partial charge in [-0.15, -0.1) is 22.7 Å². The van der Waals surface area contributed by atoms with Crippen molar-refractivity contribution in [1.82, 2.24) is 0 Å². The summed E-state index contributed by atoms with van der Waals surface area (Å²) >= 11 is 4.10. The van der Waals surface area contributed by atoms with Gasteiger partial charge >= 0.3 is 5.97 Å². The zero-order valence-electron chi connectivity index (χ0n) is 9.98. The average molecular weight is 287 g/mol. The number of hydrogen-bond acceptors (Lipinski definition) is 7. The number of carbonyl (C=O) groups excluding carboxylic acids is 1. The third-order valence-corrected chi connectivity index (χ3v) is 2.29. The molecule has 0 atom stereocenters. The Morgan fingerprint density at radius 2 is 1.79 bits per heavy atom. The molecule has 0 aromatic heterocycles. The van der Waals surface area contributed by atoms with Gasteiger partial charge in [0.1, 0.15) is 13.2 Å². The lowest BCUT2D eigenvalue weighted by atomic mass is 10.2. The highest BCUT2D eigenvalue weighted by molar-refractivity contribution is 7.80. The highest BCUT2D eigenvalue weighted by Gasteiger charge is 2.06. The van der Waals surface area contributed by atoms with Crippen molar-refractivity contribution in [3.8, 4) is 0 Å². The molecule has 0 aliphatic carbocycles. The molecule has 1 aromatic carbocycles. The van der Waals surface area contributed by atoms with Crippen molar-refractivity contribution in [3.63, 3.8) is 0 Å². The summed E-state index contributed by atoms with van der Waals surface area (Å²) in [6, 6.07) is 6.59. The highest BCUT2D eigenvalue weighted by atomic mass is 32.1. The van der Waals surface area contributed by atoms with Crippen molar-refractivity contribution in [2.75, 3.05) is 26.4 Å². The second kappa shape index (κ2) is 8.33. The Bertz CT molecular complexity index is 422. The summed E-state index contributed by atoms with van der Waals surface area (Å²) in [6.45, 7) is 0.134. The molecule has 0 saturated heterocycles. The van der Waals surface area contributed by atoms with Gasteiger partial charge in [0.25, 0.3) is 5.09 Å². The molecule has 0 aliphatic heterocycles. The lowest BCUT2D eigenvalue weighted by Gasteiger charge is -2.06. The normalized spacial score (nSPS) is 9.95. The number of rotatable bonds is 8. The van der Waals surface area contributed by atoms with Crippen LogP contribution >= 0.6 is 12.6 Å². The molecule has 104 valence electrons. The number of benzene rings is 1. The van der Waals surface area contributed by atoms with E-state index in [0.717, 1.165) is 4.90 Å². The van der Waals surface area contributed by atoms with E-state index < -0.39 is 11.1 Å². The molecule has 1 rings (SSSR count). The summed E-state index contributed by atoms with van der Waals surface area (Å²) in [7, 11) is 0. The predicted molar refractivity (Wildman–Crippen MR) is 67.7 cm³/mol. The van der Waals surface area contributed by atoms with Crippen molar-refractivity contribution in [2.45, 2.75) is 4.90 Å². The van der Waals surface area contributed by atoms with Gasteiger partial charge in [0, 0.05) is 4.90 Å². The molecule has 0 heterocycles. The van der Waals surface area contributed by atoms with E-state index in [4.69, 9.17) is 9.47 Å². The number of esters is 1. The monoisotopic (exact) mass is 287 g/mol. The standard InChI is InChI=1S/C11H13NO6S/c13-11(9-1-3-10(19)4-2-9)17-7-5-16-6-8-18-12(14)15/h1-4,19H,5-8H2. The molecule has 0 bridgehead atoms. The molecular formula is C11H13NO6S. The van der Waals surface area contributed by atoms with Crippen LogP contribution in [0.3, 0.4) is 0 Å². The van der Waals surface area contributed by atoms with E-state index in [0.29, 0.717) is 5.56 Å². The number of carbonyl (C=O) groups is 1. The molecule has 0 N–H and O–H groups in total. The highest BCUT2D eigenvalue weighted by Crippen LogP contribution is 2.08. The summed E-state index contributed by atoms with van der Waals surface area (Å²) in [5, 5.41) is 8.92. The largest absolute Gasteiger partial charge is 0.460 e. The van der Waals surface area contributed by atoms with Crippen LogP contribution in [0.4, 0.5) is 0 Å². The Kier molecular flexibility index (Phi) is 6.69. The lowest BCUT2D eigenvalue weighted by molar-refractivity contribution is -0.758. The van der Waals surface area contributed by atoms with E-state index >= 15 is 0 Å². The Hall–Kier alpha value is -1.80. The molecule has 0 radical (unpaired) electrons. The van der Waals surface area contributed by atoms with Gasteiger partial charge < -0.3 is 14.3 Å². The number of ether oxygens (including phenoxy) is 2. The first kappa shape index (κ1) is 15.3. The smallest absolute Gasteiger partial charge is 0.338 e. The van der Waals surface area contributed by atoms with Crippen molar-refractivity contribution in [2.24, 2.45) is 0 Å². The minimum atomic E-state index is -0.894. The molecule has 7 nitrogen and oxygen atoms in total. The fourth-order valence-electron chi connectivity index (χ4n) is 1.15. The molecule has 1 aromatic rings. The molecule has 0 amide bonds. The fourth-order valence-corrected chi connectivity index (χ4v) is 1.30. The van der Waals surface area contributed by atoms with Crippen molar-refractivity contribution >= 4 is 18.6 Å². The van der Waals surface area contributed by atoms with E-state index in [1.165, 1.54) is 0 Å². The maximum absolute atomic E-state index is 11.5. The molecular weight excluding hydrogens is 274 g/mol. The first-order valence-electron chi connectivity index (χ1n) is 5.41. The summed E-state index contributed by atoms with van der Waals surface area (Å²) < 4.78 is 9.90. The SMILES string of the molecule is O=C(OCCOCCO[N+](=O)[O-])c1ccc(S)cc1. The lowest BCUT2D eigenvalue weighted by Crippen LogP contribution is -2.14. The van der Waals surface area contributed by atoms with E-state index in [-0.39, 0.29) is 26.4 Å². The van der Waals surface area contributed by atoms with E-state index in [2.05, 4.69) is 17.5 Å². The van der Waals surface area contributed by atoms with Gasteiger partial charge in [0.05, 0.1) is 18.8 Å². The Labute approximate surface area is 115 Å². The molecule has 0 unspecified atom stereocenters. The molecule has 0 saturated carbocycles. The number of hydrogen-bond donors (Lipinski definition) is 1. The minimum Gasteiger partial charge on any atom is -0.460 e. The van der Waals surface area contributed by atoms with Gasteiger partial charge in [0.15, 0.2) is 0 Å². The zero-order chi connectivity index (χ0) is 14.1. The Balaban J connectivity index is 2.11. The summed E-state index contributed by atoms with van der Waals surface area (Å²) in [5.74, 6) is -0.460. The average Bonchev–Trinajstić information content (AvgIpc) is 2.38. The summed E-state index contributed by atoms with van der Waals surface area (Å²) in [4.78, 5) is 26.1. The first-order chi connectivity index (χ1) is 9.09. The van der Waals surface area contributed by atoms with Crippen LogP contribution in [-0.4, -0.2) is 37.5 Å². The van der Waals surface area contributed by atoms with Crippen LogP contribution in [0.2, 0.25) is 0 Å². The molecule has 19 heavy (non-hydrogen) atoms. The third-order valence-electron chi connectivity index (χ3n) is 1.99. The molecule has 0 aliphatic rings. The third kappa shape index (κ3) is 6.63. The van der Waals surface area contributed by atoms with Crippen molar-refractivity contribution < 1.29 is 24.2 Å². The topological polar surface area (TPSA) is 87.9 Å². The summed E-state index contributed by atoms with van der Waals surface area (Å²) in [5.41, 5.74) is 0.425. The van der Waals surface area contributed by atoms with Gasteiger partial charge in [-0.1, -0.05) is 0 Å². The van der Waals surface area contributed by atoms with Gasteiger partial charge in [-0.3, -0.25) is 0 Å². The quantitative estimate of drug-likeness (QED) is 0.255. The van der Waals surface area contributed by atoms with Crippen LogP contribution in [0.25, 0.3) is 0 Å². The fraction of sp³-hybridized carbons (Fsp3) is 0.364. The number of thiol groups is 1. The van der Waals surface area contributed by atoms with Crippen LogP contribution in [0.1, 0.15) is 10.4 Å². The molecule has 0 fully saturated rings. The van der Waals surface area contributed by atoms with Gasteiger partial charge in [0.2, 0.25) is 0 Å². The van der Waals surface area contributed by atoms with Gasteiger partial charge in [-0.2, -0.15) is 0 Å². The predicted octanol–water partition coefficient (Wildman–Crippen LogP) is 1.36. The minimum absolute atomic E-state index is 0.0624. The zero-order valence-corrected chi connectivity index (χ0v) is 10.9. The van der Waals surface area contributed by atoms with E-state index in [9.17, 15) is 14.9 Å². The maximum Gasteiger partial charge on any atom is 0.338 e. The van der Waals surface area contributed by atoms with Crippen molar-refractivity contribution in [3.05, 3.63) is 39.9 Å². The van der Waals surface area contributed by atoms with Gasteiger partial charge in [-0.25, -0.2) is 4.79 Å². The molecule has 8 heteroatoms. The summed E-state index contributed by atoms with van der Waals surface area (Å²) in [6.07, 6.45) is 0. The number of nitrogens with zero attached hydrogens (tertiary/aromatic N) is 1. The van der Waals surface area contributed by atoms with Crippen LogP contribution in [0.5, 0.6) is 0 Å². The molecule has 0 spiro atoms. The van der Waals surface area contributed by atoms with E-state index in [1.807, 2.05) is 0 Å². The Morgan fingerprint density at radius 1 is 1.16 bits per heavy atom. The first-order valence-corrected chi connectivity index (χ1v) is 5.85. The van der Waals surface area contributed by atoms with Crippen LogP contribution in [-0.2, 0) is 14.3 Å². The van der Waals surface area contributed by atoms with E-state index in [1.54, 1.807) is 24.3 Å². The van der Waals surface area contributed by atoms with Gasteiger partial charge in [-0.05, 0) is 24.3 Å². The van der Waals surface area contributed by atoms with Crippen LogP contribution in [0, 0.1) is 10.1 Å². The van der Waals surface area contributed by atoms with Crippen molar-refractivity contribution in [1.29, 1.82) is 0 Å². The maximum atomic E-state index is 11.5.